The standard InChI is InChI=1S/C21H16ClN5O5S/c22-16-3-1-2-4-18(16)32-19-11-24-25-21(19)15-10-20(13(12-28)9-17(15)26-29)33(30,31)27-14-5-7-23-8-6-14/h1-11,28H,12H2,(H,23,27)(H,24,25). The van der Waals surface area contributed by atoms with Crippen molar-refractivity contribution in [1.82, 2.24) is 15.2 Å². The molecule has 0 saturated heterocycles. The molecule has 0 spiro atoms. The van der Waals surface area contributed by atoms with Crippen molar-refractivity contribution in [3.05, 3.63) is 82.6 Å². The lowest BCUT2D eigenvalue weighted by atomic mass is 10.1. The molecule has 2 aromatic carbocycles. The van der Waals surface area contributed by atoms with E-state index in [9.17, 15) is 18.4 Å². The molecule has 0 bridgehead atoms. The highest BCUT2D eigenvalue weighted by molar-refractivity contribution is 7.92. The molecule has 0 aliphatic carbocycles. The summed E-state index contributed by atoms with van der Waals surface area (Å²) < 4.78 is 34.4. The Morgan fingerprint density at radius 2 is 1.88 bits per heavy atom. The molecule has 0 saturated carbocycles. The lowest BCUT2D eigenvalue weighted by molar-refractivity contribution is 0.278. The van der Waals surface area contributed by atoms with Crippen molar-refractivity contribution in [3.8, 4) is 22.8 Å². The number of ether oxygens (including phenoxy) is 1. The van der Waals surface area contributed by atoms with Crippen molar-refractivity contribution >= 4 is 33.0 Å². The Morgan fingerprint density at radius 1 is 1.12 bits per heavy atom. The van der Waals surface area contributed by atoms with Crippen molar-refractivity contribution in [2.24, 2.45) is 5.18 Å². The summed E-state index contributed by atoms with van der Waals surface area (Å²) in [6, 6.07) is 12.1. The number of hydrogen-bond donors (Lipinski definition) is 3. The van der Waals surface area contributed by atoms with Crippen molar-refractivity contribution in [2.75, 3.05) is 4.72 Å². The van der Waals surface area contributed by atoms with Gasteiger partial charge in [0, 0.05) is 23.5 Å². The topological polar surface area (TPSA) is 147 Å². The molecule has 2 heterocycles. The van der Waals surface area contributed by atoms with Crippen molar-refractivity contribution in [2.45, 2.75) is 11.5 Å². The van der Waals surface area contributed by atoms with Gasteiger partial charge >= 0.3 is 0 Å². The SMILES string of the molecule is O=Nc1cc(CO)c(S(=O)(=O)Nc2ccncc2)cc1-c1[nH]ncc1Oc1ccccc1Cl. The number of rotatable bonds is 8. The van der Waals surface area contributed by atoms with E-state index in [4.69, 9.17) is 16.3 Å². The first-order valence-corrected chi connectivity index (χ1v) is 11.3. The Hall–Kier alpha value is -3.80. The number of nitroso groups, excluding NO2 is 1. The van der Waals surface area contributed by atoms with Gasteiger partial charge in [-0.1, -0.05) is 23.7 Å². The van der Waals surface area contributed by atoms with Crippen LogP contribution in [0, 0.1) is 4.91 Å². The molecule has 0 amide bonds. The zero-order chi connectivity index (χ0) is 23.4. The van der Waals surface area contributed by atoms with Gasteiger partial charge < -0.3 is 9.84 Å². The fourth-order valence-electron chi connectivity index (χ4n) is 3.08. The van der Waals surface area contributed by atoms with E-state index in [1.165, 1.54) is 42.9 Å². The molecule has 0 aliphatic heterocycles. The fraction of sp³-hybridized carbons (Fsp3) is 0.0476. The summed E-state index contributed by atoms with van der Waals surface area (Å²) in [5, 5.41) is 19.7. The number of benzene rings is 2. The molecule has 0 aliphatic rings. The summed E-state index contributed by atoms with van der Waals surface area (Å²) in [7, 11) is -4.15. The minimum atomic E-state index is -4.15. The van der Waals surface area contributed by atoms with E-state index in [1.807, 2.05) is 0 Å². The predicted molar refractivity (Wildman–Crippen MR) is 122 cm³/mol. The second kappa shape index (κ2) is 9.36. The maximum atomic E-state index is 13.1. The number of aromatic nitrogens is 3. The maximum absolute atomic E-state index is 13.1. The molecule has 10 nitrogen and oxygen atoms in total. The maximum Gasteiger partial charge on any atom is 0.262 e. The van der Waals surface area contributed by atoms with Crippen LogP contribution >= 0.6 is 11.6 Å². The van der Waals surface area contributed by atoms with Crippen LogP contribution in [0.25, 0.3) is 11.3 Å². The summed E-state index contributed by atoms with van der Waals surface area (Å²) in [6.07, 6.45) is 4.22. The fourth-order valence-corrected chi connectivity index (χ4v) is 4.55. The van der Waals surface area contributed by atoms with E-state index >= 15 is 0 Å². The van der Waals surface area contributed by atoms with Gasteiger partial charge in [0.25, 0.3) is 10.0 Å². The molecule has 3 N–H and O–H groups in total. The van der Waals surface area contributed by atoms with E-state index in [0.29, 0.717) is 10.8 Å². The predicted octanol–water partition coefficient (Wildman–Crippen LogP) is 4.61. The van der Waals surface area contributed by atoms with Gasteiger partial charge in [-0.3, -0.25) is 14.8 Å². The normalized spacial score (nSPS) is 11.2. The van der Waals surface area contributed by atoms with Crippen LogP contribution in [0.4, 0.5) is 11.4 Å². The number of sulfonamides is 1. The number of nitrogens with one attached hydrogen (secondary N) is 2. The molecule has 0 fully saturated rings. The summed E-state index contributed by atoms with van der Waals surface area (Å²) in [5.74, 6) is 0.525. The highest BCUT2D eigenvalue weighted by atomic mass is 35.5. The molecular weight excluding hydrogens is 470 g/mol. The lowest BCUT2D eigenvalue weighted by Gasteiger charge is -2.14. The van der Waals surface area contributed by atoms with E-state index in [1.54, 1.807) is 24.3 Å². The number of aromatic amines is 1. The molecule has 168 valence electrons. The van der Waals surface area contributed by atoms with Gasteiger partial charge in [-0.05, 0) is 41.6 Å². The van der Waals surface area contributed by atoms with E-state index < -0.39 is 16.6 Å². The van der Waals surface area contributed by atoms with Crippen LogP contribution in [-0.2, 0) is 16.6 Å². The number of pyridine rings is 1. The van der Waals surface area contributed by atoms with Gasteiger partial charge in [0.2, 0.25) is 0 Å². The number of para-hydroxylation sites is 1. The van der Waals surface area contributed by atoms with Crippen LogP contribution in [0.1, 0.15) is 5.56 Å². The molecule has 33 heavy (non-hydrogen) atoms. The van der Waals surface area contributed by atoms with Crippen molar-refractivity contribution < 1.29 is 18.3 Å². The van der Waals surface area contributed by atoms with Crippen LogP contribution in [0.3, 0.4) is 0 Å². The minimum Gasteiger partial charge on any atom is -0.452 e. The Balaban J connectivity index is 1.81. The number of anilines is 1. The quantitative estimate of drug-likeness (QED) is 0.309. The summed E-state index contributed by atoms with van der Waals surface area (Å²) in [6.45, 7) is -0.638. The number of halogens is 1. The zero-order valence-electron chi connectivity index (χ0n) is 16.8. The molecule has 2 aromatic heterocycles. The average Bonchev–Trinajstić information content (AvgIpc) is 3.28. The lowest BCUT2D eigenvalue weighted by Crippen LogP contribution is -2.15. The third-order valence-electron chi connectivity index (χ3n) is 4.60. The third-order valence-corrected chi connectivity index (χ3v) is 6.38. The highest BCUT2D eigenvalue weighted by Crippen LogP contribution is 2.40. The van der Waals surface area contributed by atoms with Gasteiger partial charge in [0.1, 0.15) is 17.1 Å². The van der Waals surface area contributed by atoms with Crippen LogP contribution in [0.2, 0.25) is 5.02 Å². The summed E-state index contributed by atoms with van der Waals surface area (Å²) in [4.78, 5) is 15.2. The van der Waals surface area contributed by atoms with Gasteiger partial charge in [0.05, 0.1) is 28.4 Å². The molecule has 4 rings (SSSR count). The number of aliphatic hydroxyl groups excluding tert-OH is 1. The Morgan fingerprint density at radius 3 is 2.58 bits per heavy atom. The first kappa shape index (κ1) is 22.4. The van der Waals surface area contributed by atoms with Crippen LogP contribution < -0.4 is 9.46 Å². The number of aliphatic hydroxyl groups is 1. The van der Waals surface area contributed by atoms with Gasteiger partial charge in [-0.2, -0.15) is 5.10 Å². The van der Waals surface area contributed by atoms with E-state index in [0.717, 1.165) is 0 Å². The molecule has 0 unspecified atom stereocenters. The average molecular weight is 486 g/mol. The molecule has 12 heteroatoms. The first-order valence-electron chi connectivity index (χ1n) is 9.43. The molecule has 0 atom stereocenters. The Kier molecular flexibility index (Phi) is 6.36. The minimum absolute atomic E-state index is 0.0111. The third kappa shape index (κ3) is 4.70. The summed E-state index contributed by atoms with van der Waals surface area (Å²) in [5.41, 5.74) is 0.460. The van der Waals surface area contributed by atoms with Crippen molar-refractivity contribution in [3.63, 3.8) is 0 Å². The largest absolute Gasteiger partial charge is 0.452 e. The Labute approximate surface area is 193 Å². The van der Waals surface area contributed by atoms with Gasteiger partial charge in [0.15, 0.2) is 5.75 Å². The highest BCUT2D eigenvalue weighted by Gasteiger charge is 2.24. The van der Waals surface area contributed by atoms with Crippen molar-refractivity contribution in [1.29, 1.82) is 0 Å². The van der Waals surface area contributed by atoms with Gasteiger partial charge in [-0.25, -0.2) is 8.42 Å². The first-order chi connectivity index (χ1) is 15.9. The monoisotopic (exact) mass is 485 g/mol. The second-order valence-electron chi connectivity index (χ2n) is 6.71. The molecule has 0 radical (unpaired) electrons. The second-order valence-corrected chi connectivity index (χ2v) is 8.77. The van der Waals surface area contributed by atoms with Crippen LogP contribution in [0.5, 0.6) is 11.5 Å². The number of hydrogen-bond acceptors (Lipinski definition) is 8. The van der Waals surface area contributed by atoms with Gasteiger partial charge in [-0.15, -0.1) is 4.91 Å². The van der Waals surface area contributed by atoms with Crippen LogP contribution in [0.15, 0.2) is 77.2 Å². The van der Waals surface area contributed by atoms with E-state index in [2.05, 4.69) is 25.1 Å². The number of nitrogens with zero attached hydrogens (tertiary/aromatic N) is 3. The van der Waals surface area contributed by atoms with E-state index in [-0.39, 0.29) is 38.8 Å². The molecule has 4 aromatic rings. The Bertz CT molecular complexity index is 1410. The summed E-state index contributed by atoms with van der Waals surface area (Å²) >= 11 is 6.16. The smallest absolute Gasteiger partial charge is 0.262 e. The number of H-pyrrole nitrogens is 1. The zero-order valence-corrected chi connectivity index (χ0v) is 18.3. The van der Waals surface area contributed by atoms with Crippen LogP contribution in [-0.4, -0.2) is 28.7 Å². The molecular formula is C21H16ClN5O5S.